The van der Waals surface area contributed by atoms with Crippen molar-refractivity contribution < 1.29 is 9.53 Å². The molecule has 1 aromatic heterocycles. The SMILES string of the molecule is O=C(OCc1ccccc1)N1CCN[C@H](CCNc2ccc(-n3ccccc3=O)cc2)C1. The molecule has 1 amide bonds. The molecule has 0 saturated carbocycles. The Morgan fingerprint density at radius 2 is 1.81 bits per heavy atom. The Kier molecular flexibility index (Phi) is 7.19. The minimum Gasteiger partial charge on any atom is -0.445 e. The molecule has 166 valence electrons. The first-order chi connectivity index (χ1) is 15.7. The first kappa shape index (κ1) is 21.6. The van der Waals surface area contributed by atoms with Gasteiger partial charge in [-0.05, 0) is 42.3 Å². The maximum atomic E-state index is 12.4. The van der Waals surface area contributed by atoms with E-state index in [4.69, 9.17) is 4.74 Å². The monoisotopic (exact) mass is 432 g/mol. The Bertz CT molecular complexity index is 1070. The Balaban J connectivity index is 1.22. The van der Waals surface area contributed by atoms with Gasteiger partial charge in [0.2, 0.25) is 0 Å². The number of hydrogen-bond donors (Lipinski definition) is 2. The number of hydrogen-bond acceptors (Lipinski definition) is 5. The lowest BCUT2D eigenvalue weighted by Crippen LogP contribution is -2.53. The number of anilines is 1. The highest BCUT2D eigenvalue weighted by molar-refractivity contribution is 5.67. The molecule has 2 heterocycles. The summed E-state index contributed by atoms with van der Waals surface area (Å²) in [6, 6.07) is 22.8. The molecule has 32 heavy (non-hydrogen) atoms. The van der Waals surface area contributed by atoms with Crippen molar-refractivity contribution in [1.29, 1.82) is 0 Å². The summed E-state index contributed by atoms with van der Waals surface area (Å²) in [6.07, 6.45) is 2.37. The summed E-state index contributed by atoms with van der Waals surface area (Å²) in [7, 11) is 0. The number of amides is 1. The van der Waals surface area contributed by atoms with Gasteiger partial charge in [0.15, 0.2) is 0 Å². The molecule has 1 aliphatic heterocycles. The molecule has 1 saturated heterocycles. The molecule has 2 N–H and O–H groups in total. The number of piperazine rings is 1. The van der Waals surface area contributed by atoms with Crippen molar-refractivity contribution in [3.8, 4) is 5.69 Å². The fourth-order valence-corrected chi connectivity index (χ4v) is 3.77. The van der Waals surface area contributed by atoms with E-state index in [2.05, 4.69) is 10.6 Å². The van der Waals surface area contributed by atoms with E-state index < -0.39 is 0 Å². The number of pyridine rings is 1. The molecule has 1 fully saturated rings. The molecule has 0 radical (unpaired) electrons. The number of ether oxygens (including phenoxy) is 1. The standard InChI is InChI=1S/C25H28N4O3/c30-24-8-4-5-16-29(24)23-11-9-21(10-12-23)26-14-13-22-18-28(17-15-27-22)25(31)32-19-20-6-2-1-3-7-20/h1-12,16,22,26-27H,13-15,17-19H2/t22-/m1/s1. The van der Waals surface area contributed by atoms with Gasteiger partial charge in [-0.15, -0.1) is 0 Å². The lowest BCUT2D eigenvalue weighted by atomic mass is 10.1. The third kappa shape index (κ3) is 5.76. The molecular weight excluding hydrogens is 404 g/mol. The van der Waals surface area contributed by atoms with Gasteiger partial charge in [0, 0.05) is 55.9 Å². The van der Waals surface area contributed by atoms with Gasteiger partial charge in [-0.3, -0.25) is 9.36 Å². The molecule has 0 unspecified atom stereocenters. The van der Waals surface area contributed by atoms with Gasteiger partial charge in [-0.25, -0.2) is 4.79 Å². The van der Waals surface area contributed by atoms with Crippen LogP contribution in [0.2, 0.25) is 0 Å². The molecule has 1 atom stereocenters. The van der Waals surface area contributed by atoms with E-state index >= 15 is 0 Å². The predicted octanol–water partition coefficient (Wildman–Crippen LogP) is 3.25. The summed E-state index contributed by atoms with van der Waals surface area (Å²) >= 11 is 0. The van der Waals surface area contributed by atoms with Crippen LogP contribution in [-0.2, 0) is 11.3 Å². The van der Waals surface area contributed by atoms with Crippen molar-refractivity contribution in [2.24, 2.45) is 0 Å². The smallest absolute Gasteiger partial charge is 0.410 e. The topological polar surface area (TPSA) is 75.6 Å². The predicted molar refractivity (Wildman–Crippen MR) is 125 cm³/mol. The fourth-order valence-electron chi connectivity index (χ4n) is 3.77. The van der Waals surface area contributed by atoms with Crippen LogP contribution in [0.4, 0.5) is 10.5 Å². The maximum absolute atomic E-state index is 12.4. The molecule has 1 aliphatic rings. The molecule has 4 rings (SSSR count). The van der Waals surface area contributed by atoms with Crippen LogP contribution in [0, 0.1) is 0 Å². The number of nitrogens with one attached hydrogen (secondary N) is 2. The average Bonchev–Trinajstić information content (AvgIpc) is 2.84. The second kappa shape index (κ2) is 10.6. The fraction of sp³-hybridized carbons (Fsp3) is 0.280. The zero-order valence-electron chi connectivity index (χ0n) is 17.9. The van der Waals surface area contributed by atoms with Crippen LogP contribution in [0.5, 0.6) is 0 Å². The average molecular weight is 433 g/mol. The third-order valence-electron chi connectivity index (χ3n) is 5.51. The van der Waals surface area contributed by atoms with E-state index in [1.807, 2.05) is 60.7 Å². The summed E-state index contributed by atoms with van der Waals surface area (Å²) in [5, 5.41) is 6.89. The molecule has 0 spiro atoms. The van der Waals surface area contributed by atoms with Crippen LogP contribution in [0.1, 0.15) is 12.0 Å². The number of carbonyl (C=O) groups is 1. The van der Waals surface area contributed by atoms with Crippen LogP contribution < -0.4 is 16.2 Å². The Morgan fingerprint density at radius 1 is 1.03 bits per heavy atom. The number of carbonyl (C=O) groups excluding carboxylic acids is 1. The van der Waals surface area contributed by atoms with Crippen LogP contribution >= 0.6 is 0 Å². The van der Waals surface area contributed by atoms with E-state index in [9.17, 15) is 9.59 Å². The normalized spacial score (nSPS) is 15.9. The Morgan fingerprint density at radius 3 is 2.59 bits per heavy atom. The third-order valence-corrected chi connectivity index (χ3v) is 5.51. The van der Waals surface area contributed by atoms with E-state index in [0.29, 0.717) is 19.7 Å². The van der Waals surface area contributed by atoms with Gasteiger partial charge < -0.3 is 20.3 Å². The Labute approximate surface area is 187 Å². The van der Waals surface area contributed by atoms with Crippen molar-refractivity contribution >= 4 is 11.8 Å². The molecule has 7 nitrogen and oxygen atoms in total. The highest BCUT2D eigenvalue weighted by Gasteiger charge is 2.24. The first-order valence-electron chi connectivity index (χ1n) is 10.9. The first-order valence-corrected chi connectivity index (χ1v) is 10.9. The minimum atomic E-state index is -0.264. The van der Waals surface area contributed by atoms with Gasteiger partial charge in [-0.1, -0.05) is 36.4 Å². The van der Waals surface area contributed by atoms with Crippen molar-refractivity contribution in [3.63, 3.8) is 0 Å². The second-order valence-corrected chi connectivity index (χ2v) is 7.81. The lowest BCUT2D eigenvalue weighted by molar-refractivity contribution is 0.0845. The van der Waals surface area contributed by atoms with Crippen LogP contribution in [0.15, 0.2) is 83.8 Å². The van der Waals surface area contributed by atoms with Gasteiger partial charge in [0.1, 0.15) is 6.61 Å². The molecular formula is C25H28N4O3. The number of benzene rings is 2. The van der Waals surface area contributed by atoms with Crippen LogP contribution in [-0.4, -0.2) is 47.8 Å². The second-order valence-electron chi connectivity index (χ2n) is 7.81. The Hall–Kier alpha value is -3.58. The zero-order chi connectivity index (χ0) is 22.2. The summed E-state index contributed by atoms with van der Waals surface area (Å²) < 4.78 is 7.08. The van der Waals surface area contributed by atoms with E-state index in [-0.39, 0.29) is 17.7 Å². The molecule has 0 bridgehead atoms. The number of aromatic nitrogens is 1. The minimum absolute atomic E-state index is 0.0524. The van der Waals surface area contributed by atoms with E-state index in [1.165, 1.54) is 0 Å². The van der Waals surface area contributed by atoms with Gasteiger partial charge in [0.25, 0.3) is 5.56 Å². The summed E-state index contributed by atoms with van der Waals surface area (Å²) in [5.41, 5.74) is 2.76. The van der Waals surface area contributed by atoms with Gasteiger partial charge >= 0.3 is 6.09 Å². The largest absolute Gasteiger partial charge is 0.445 e. The molecule has 7 heteroatoms. The molecule has 3 aromatic rings. The van der Waals surface area contributed by atoms with Crippen LogP contribution in [0.25, 0.3) is 5.69 Å². The van der Waals surface area contributed by atoms with Crippen LogP contribution in [0.3, 0.4) is 0 Å². The molecule has 2 aromatic carbocycles. The van der Waals surface area contributed by atoms with E-state index in [1.54, 1.807) is 27.8 Å². The molecule has 0 aliphatic carbocycles. The highest BCUT2D eigenvalue weighted by Crippen LogP contribution is 2.13. The van der Waals surface area contributed by atoms with Crippen molar-refractivity contribution in [2.75, 3.05) is 31.5 Å². The zero-order valence-corrected chi connectivity index (χ0v) is 17.9. The number of rotatable bonds is 7. The maximum Gasteiger partial charge on any atom is 0.410 e. The highest BCUT2D eigenvalue weighted by atomic mass is 16.6. The number of nitrogens with zero attached hydrogens (tertiary/aromatic N) is 2. The summed E-state index contributed by atoms with van der Waals surface area (Å²) in [6.45, 7) is 3.10. The van der Waals surface area contributed by atoms with E-state index in [0.717, 1.165) is 36.4 Å². The van der Waals surface area contributed by atoms with Crippen molar-refractivity contribution in [2.45, 2.75) is 19.1 Å². The van der Waals surface area contributed by atoms with Crippen molar-refractivity contribution in [3.05, 3.63) is 94.9 Å². The summed E-state index contributed by atoms with van der Waals surface area (Å²) in [5.74, 6) is 0. The summed E-state index contributed by atoms with van der Waals surface area (Å²) in [4.78, 5) is 26.1. The lowest BCUT2D eigenvalue weighted by Gasteiger charge is -2.33. The van der Waals surface area contributed by atoms with Crippen molar-refractivity contribution in [1.82, 2.24) is 14.8 Å². The van der Waals surface area contributed by atoms with Gasteiger partial charge in [0.05, 0.1) is 0 Å². The van der Waals surface area contributed by atoms with Gasteiger partial charge in [-0.2, -0.15) is 0 Å². The quantitative estimate of drug-likeness (QED) is 0.600.